The Bertz CT molecular complexity index is 790. The molecular formula is C18H26N2O7S. The van der Waals surface area contributed by atoms with Crippen molar-refractivity contribution >= 4 is 22.1 Å². The van der Waals surface area contributed by atoms with Crippen molar-refractivity contribution in [1.29, 1.82) is 0 Å². The molecular weight excluding hydrogens is 388 g/mol. The number of hydroxylamine groups is 2. The molecule has 1 heterocycles. The van der Waals surface area contributed by atoms with Crippen molar-refractivity contribution in [2.24, 2.45) is 0 Å². The van der Waals surface area contributed by atoms with Crippen molar-refractivity contribution in [2.45, 2.75) is 51.5 Å². The number of amides is 2. The number of nitrogens with zero attached hydrogens (tertiary/aromatic N) is 1. The number of carbonyl (C=O) groups is 2. The van der Waals surface area contributed by atoms with Crippen molar-refractivity contribution in [3.05, 3.63) is 35.9 Å². The normalized spacial score (nSPS) is 19.9. The molecule has 1 saturated heterocycles. The van der Waals surface area contributed by atoms with E-state index in [1.165, 1.54) is 0 Å². The number of benzene rings is 1. The van der Waals surface area contributed by atoms with Crippen molar-refractivity contribution in [3.8, 4) is 0 Å². The van der Waals surface area contributed by atoms with E-state index >= 15 is 0 Å². The second-order valence-electron chi connectivity index (χ2n) is 7.43. The highest BCUT2D eigenvalue weighted by atomic mass is 32.2. The van der Waals surface area contributed by atoms with Gasteiger partial charge in [-0.2, -0.15) is 8.42 Å². The zero-order valence-corrected chi connectivity index (χ0v) is 17.2. The fourth-order valence-electron chi connectivity index (χ4n) is 2.59. The van der Waals surface area contributed by atoms with Crippen LogP contribution in [-0.4, -0.2) is 56.0 Å². The molecule has 2 rings (SSSR count). The molecule has 28 heavy (non-hydrogen) atoms. The highest BCUT2D eigenvalue weighted by molar-refractivity contribution is 7.85. The van der Waals surface area contributed by atoms with Gasteiger partial charge in [-0.15, -0.1) is 0 Å². The van der Waals surface area contributed by atoms with Crippen LogP contribution in [0.4, 0.5) is 4.79 Å². The lowest BCUT2D eigenvalue weighted by molar-refractivity contribution is -0.241. The predicted octanol–water partition coefficient (Wildman–Crippen LogP) is 1.59. The molecule has 1 aliphatic heterocycles. The summed E-state index contributed by atoms with van der Waals surface area (Å²) in [4.78, 5) is 30.0. The van der Waals surface area contributed by atoms with Crippen LogP contribution >= 0.6 is 0 Å². The number of hydrogen-bond acceptors (Lipinski definition) is 7. The van der Waals surface area contributed by atoms with Crippen molar-refractivity contribution in [1.82, 2.24) is 10.4 Å². The highest BCUT2D eigenvalue weighted by Gasteiger charge is 2.49. The van der Waals surface area contributed by atoms with Gasteiger partial charge in [0.1, 0.15) is 18.2 Å². The van der Waals surface area contributed by atoms with E-state index in [0.29, 0.717) is 0 Å². The van der Waals surface area contributed by atoms with E-state index in [-0.39, 0.29) is 19.6 Å². The average Bonchev–Trinajstić information content (AvgIpc) is 2.57. The summed E-state index contributed by atoms with van der Waals surface area (Å²) in [5.74, 6) is -0.439. The summed E-state index contributed by atoms with van der Waals surface area (Å²) in [6.07, 6.45) is 0.371. The van der Waals surface area contributed by atoms with Gasteiger partial charge in [-0.3, -0.25) is 13.8 Å². The maximum Gasteiger partial charge on any atom is 0.408 e. The first-order valence-corrected chi connectivity index (χ1v) is 10.6. The van der Waals surface area contributed by atoms with Gasteiger partial charge in [-0.05, 0) is 32.8 Å². The zero-order chi connectivity index (χ0) is 20.9. The lowest BCUT2D eigenvalue weighted by Gasteiger charge is -2.45. The van der Waals surface area contributed by atoms with E-state index in [0.717, 1.165) is 16.9 Å². The third-order valence-electron chi connectivity index (χ3n) is 3.77. The standard InChI is InChI=1S/C18H26N2O7S/c1-18(2,3)27-17(22)19-15-14(10-11-26-28(4,23)24)20(16(15)21)25-12-13-8-6-5-7-9-13/h5-9,14-15H,10-12H2,1-4H3,(H,19,22)/t14-,15+/m1/s1. The smallest absolute Gasteiger partial charge is 0.408 e. The largest absolute Gasteiger partial charge is 0.444 e. The topological polar surface area (TPSA) is 111 Å². The number of β-lactam (4-membered cyclic amide) rings is 1. The lowest BCUT2D eigenvalue weighted by atomic mass is 9.95. The van der Waals surface area contributed by atoms with Gasteiger partial charge < -0.3 is 10.1 Å². The second-order valence-corrected chi connectivity index (χ2v) is 9.07. The minimum Gasteiger partial charge on any atom is -0.444 e. The molecule has 1 N–H and O–H groups in total. The molecule has 10 heteroatoms. The number of nitrogens with one attached hydrogen (secondary N) is 1. The molecule has 9 nitrogen and oxygen atoms in total. The third kappa shape index (κ3) is 6.77. The van der Waals surface area contributed by atoms with Crippen molar-refractivity contribution < 1.29 is 31.8 Å². The first-order valence-electron chi connectivity index (χ1n) is 8.80. The summed E-state index contributed by atoms with van der Waals surface area (Å²) in [7, 11) is -3.61. The molecule has 2 amide bonds. The summed E-state index contributed by atoms with van der Waals surface area (Å²) in [5.41, 5.74) is 0.153. The van der Waals surface area contributed by atoms with E-state index in [9.17, 15) is 18.0 Å². The molecule has 1 fully saturated rings. The fourth-order valence-corrected chi connectivity index (χ4v) is 2.99. The van der Waals surface area contributed by atoms with E-state index in [1.807, 2.05) is 30.3 Å². The molecule has 0 radical (unpaired) electrons. The van der Waals surface area contributed by atoms with Crippen LogP contribution in [0.3, 0.4) is 0 Å². The Kier molecular flexibility index (Phi) is 7.02. The van der Waals surface area contributed by atoms with Gasteiger partial charge in [0.05, 0.1) is 18.9 Å². The molecule has 0 spiro atoms. The number of alkyl carbamates (subject to hydrolysis) is 1. The first-order chi connectivity index (χ1) is 13.0. The van der Waals surface area contributed by atoms with E-state index in [1.54, 1.807) is 20.8 Å². The number of carbonyl (C=O) groups excluding carboxylic acids is 2. The Hall–Kier alpha value is -2.17. The monoisotopic (exact) mass is 414 g/mol. The molecule has 1 aliphatic rings. The van der Waals surface area contributed by atoms with Gasteiger partial charge in [0.15, 0.2) is 0 Å². The van der Waals surface area contributed by atoms with Gasteiger partial charge in [-0.25, -0.2) is 9.86 Å². The van der Waals surface area contributed by atoms with Crippen LogP contribution in [0.2, 0.25) is 0 Å². The Labute approximate surface area is 165 Å². The van der Waals surface area contributed by atoms with Crippen LogP contribution in [0.1, 0.15) is 32.8 Å². The highest BCUT2D eigenvalue weighted by Crippen LogP contribution is 2.25. The van der Waals surface area contributed by atoms with Crippen molar-refractivity contribution in [3.63, 3.8) is 0 Å². The zero-order valence-electron chi connectivity index (χ0n) is 16.4. The molecule has 1 aromatic carbocycles. The maximum absolute atomic E-state index is 12.4. The summed E-state index contributed by atoms with van der Waals surface area (Å²) in [6, 6.07) is 7.80. The first kappa shape index (κ1) is 22.1. The molecule has 0 aliphatic carbocycles. The van der Waals surface area contributed by atoms with Gasteiger partial charge in [0.2, 0.25) is 0 Å². The van der Waals surface area contributed by atoms with Crippen LogP contribution in [-0.2, 0) is 35.3 Å². The van der Waals surface area contributed by atoms with Crippen LogP contribution in [0.25, 0.3) is 0 Å². The number of rotatable bonds is 8. The van der Waals surface area contributed by atoms with Gasteiger partial charge >= 0.3 is 6.09 Å². The summed E-state index contributed by atoms with van der Waals surface area (Å²) < 4.78 is 32.3. The summed E-state index contributed by atoms with van der Waals surface area (Å²) >= 11 is 0. The van der Waals surface area contributed by atoms with Crippen molar-refractivity contribution in [2.75, 3.05) is 12.9 Å². The number of hydrogen-bond donors (Lipinski definition) is 1. The van der Waals surface area contributed by atoms with Crippen LogP contribution in [0.15, 0.2) is 30.3 Å². The molecule has 0 bridgehead atoms. The minimum absolute atomic E-state index is 0.144. The molecule has 156 valence electrons. The van der Waals surface area contributed by atoms with Gasteiger partial charge in [0.25, 0.3) is 16.0 Å². The molecule has 0 saturated carbocycles. The Balaban J connectivity index is 2.00. The van der Waals surface area contributed by atoms with E-state index in [2.05, 4.69) is 5.32 Å². The SMILES string of the molecule is CC(C)(C)OC(=O)N[C@@H]1C(=O)N(OCc2ccccc2)[C@@H]1CCOS(C)(=O)=O. The van der Waals surface area contributed by atoms with Crippen LogP contribution < -0.4 is 5.32 Å². The fraction of sp³-hybridized carbons (Fsp3) is 0.556. The molecule has 2 atom stereocenters. The molecule has 0 unspecified atom stereocenters. The summed E-state index contributed by atoms with van der Waals surface area (Å²) in [5, 5.41) is 3.65. The molecule has 0 aromatic heterocycles. The van der Waals surface area contributed by atoms with Crippen LogP contribution in [0.5, 0.6) is 0 Å². The minimum atomic E-state index is -3.61. The Morgan fingerprint density at radius 3 is 2.43 bits per heavy atom. The third-order valence-corrected chi connectivity index (χ3v) is 4.36. The molecule has 1 aromatic rings. The maximum atomic E-state index is 12.4. The Morgan fingerprint density at radius 1 is 1.21 bits per heavy atom. The Morgan fingerprint density at radius 2 is 1.86 bits per heavy atom. The van der Waals surface area contributed by atoms with Gasteiger partial charge in [0, 0.05) is 0 Å². The van der Waals surface area contributed by atoms with E-state index in [4.69, 9.17) is 13.8 Å². The summed E-state index contributed by atoms with van der Waals surface area (Å²) in [6.45, 7) is 5.15. The van der Waals surface area contributed by atoms with Crippen LogP contribution in [0, 0.1) is 0 Å². The van der Waals surface area contributed by atoms with Gasteiger partial charge in [-0.1, -0.05) is 30.3 Å². The second kappa shape index (κ2) is 8.89. The quantitative estimate of drug-likeness (QED) is 0.508. The van der Waals surface area contributed by atoms with E-state index < -0.39 is 39.8 Å². The lowest BCUT2D eigenvalue weighted by Crippen LogP contribution is -2.70. The predicted molar refractivity (Wildman–Crippen MR) is 100 cm³/mol. The average molecular weight is 414 g/mol. The number of ether oxygens (including phenoxy) is 1.